The van der Waals surface area contributed by atoms with E-state index in [1.807, 2.05) is 0 Å². The molecule has 2 N–H and O–H groups in total. The van der Waals surface area contributed by atoms with Crippen molar-refractivity contribution in [3.05, 3.63) is 71.8 Å². The molecule has 1 heterocycles. The summed E-state index contributed by atoms with van der Waals surface area (Å²) in [4.78, 5) is 51.2. The third kappa shape index (κ3) is 4.16. The highest BCUT2D eigenvalue weighted by Crippen LogP contribution is 2.49. The molecule has 0 aromatic heterocycles. The van der Waals surface area contributed by atoms with E-state index in [2.05, 4.69) is 0 Å². The molecule has 0 spiro atoms. The highest BCUT2D eigenvalue weighted by atomic mass is 17.1. The number of carbonyl (C=O) groups is 3. The van der Waals surface area contributed by atoms with Crippen LogP contribution >= 0.6 is 0 Å². The molecule has 9 heteroatoms. The first-order chi connectivity index (χ1) is 15.5. The molecule has 9 nitrogen and oxygen atoms in total. The summed E-state index contributed by atoms with van der Waals surface area (Å²) >= 11 is 0. The second-order valence-electron chi connectivity index (χ2n) is 8.82. The Balaban J connectivity index is 2.20. The lowest BCUT2D eigenvalue weighted by Crippen LogP contribution is -2.65. The highest BCUT2D eigenvalue weighted by Gasteiger charge is 2.61. The van der Waals surface area contributed by atoms with Crippen LogP contribution in [0.4, 0.5) is 4.79 Å². The van der Waals surface area contributed by atoms with Gasteiger partial charge in [-0.05, 0) is 25.0 Å². The van der Waals surface area contributed by atoms with Gasteiger partial charge in [-0.15, -0.1) is 0 Å². The number of nitrogens with zero attached hydrogens (tertiary/aromatic N) is 2. The molecule has 1 fully saturated rings. The molecule has 2 aromatic rings. The van der Waals surface area contributed by atoms with Crippen LogP contribution in [0.15, 0.2) is 60.7 Å². The van der Waals surface area contributed by atoms with E-state index in [-0.39, 0.29) is 12.8 Å². The summed E-state index contributed by atoms with van der Waals surface area (Å²) in [7, 11) is 2.56. The largest absolute Gasteiger partial charge is 0.332 e. The molecule has 176 valence electrons. The summed E-state index contributed by atoms with van der Waals surface area (Å²) in [6.07, 6.45) is -0.655. The Morgan fingerprint density at radius 3 is 1.36 bits per heavy atom. The van der Waals surface area contributed by atoms with Gasteiger partial charge in [0.05, 0.1) is 0 Å². The molecule has 0 saturated carbocycles. The van der Waals surface area contributed by atoms with Gasteiger partial charge in [0.2, 0.25) is 11.8 Å². The van der Waals surface area contributed by atoms with Crippen LogP contribution in [0.1, 0.15) is 37.8 Å². The van der Waals surface area contributed by atoms with Crippen LogP contribution in [0.5, 0.6) is 0 Å². The second kappa shape index (κ2) is 9.03. The third-order valence-electron chi connectivity index (χ3n) is 6.45. The first-order valence-electron chi connectivity index (χ1n) is 10.4. The summed E-state index contributed by atoms with van der Waals surface area (Å²) in [5.74, 6) is -1.57. The first-order valence-corrected chi connectivity index (χ1v) is 10.4. The topological polar surface area (TPSA) is 117 Å². The fraction of sp³-hybridized carbons (Fsp3) is 0.375. The standard InChI is InChI=1S/C24H28N2O7/c1-22(32-30,17-11-7-5-8-12-17)15-24(19(27)25(3)21(29)26(4)20(24)28)16-23(2,33-31)18-13-9-6-10-14-18/h5-14,30-31H,15-16H2,1-4H3. The number of carbonyl (C=O) groups excluding carboxylic acids is 3. The molecule has 4 amide bonds. The van der Waals surface area contributed by atoms with Gasteiger partial charge in [-0.2, -0.15) is 0 Å². The van der Waals surface area contributed by atoms with Crippen molar-refractivity contribution in [2.24, 2.45) is 5.41 Å². The molecular weight excluding hydrogens is 428 g/mol. The molecule has 1 aliphatic rings. The number of imide groups is 2. The SMILES string of the molecule is CN1C(=O)N(C)C(=O)C(CC(C)(OO)c2ccccc2)(CC(C)(OO)c2ccccc2)C1=O. The number of barbiturate groups is 1. The second-order valence-corrected chi connectivity index (χ2v) is 8.82. The predicted molar refractivity (Wildman–Crippen MR) is 118 cm³/mol. The van der Waals surface area contributed by atoms with Crippen molar-refractivity contribution in [1.29, 1.82) is 0 Å². The molecule has 1 saturated heterocycles. The number of rotatable bonds is 8. The van der Waals surface area contributed by atoms with Crippen molar-refractivity contribution in [2.75, 3.05) is 14.1 Å². The van der Waals surface area contributed by atoms with Crippen molar-refractivity contribution >= 4 is 17.8 Å². The van der Waals surface area contributed by atoms with Crippen LogP contribution in [0, 0.1) is 5.41 Å². The number of amides is 4. The van der Waals surface area contributed by atoms with Crippen LogP contribution in [0.2, 0.25) is 0 Å². The van der Waals surface area contributed by atoms with Gasteiger partial charge in [-0.1, -0.05) is 60.7 Å². The van der Waals surface area contributed by atoms with Gasteiger partial charge in [-0.3, -0.25) is 29.9 Å². The molecule has 2 atom stereocenters. The Morgan fingerprint density at radius 2 is 1.06 bits per heavy atom. The van der Waals surface area contributed by atoms with Crippen LogP contribution in [0.3, 0.4) is 0 Å². The molecule has 3 rings (SSSR count). The molecule has 0 radical (unpaired) electrons. The molecule has 33 heavy (non-hydrogen) atoms. The minimum absolute atomic E-state index is 0.327. The van der Waals surface area contributed by atoms with Crippen molar-refractivity contribution in [3.63, 3.8) is 0 Å². The minimum atomic E-state index is -1.92. The Kier molecular flexibility index (Phi) is 6.71. The fourth-order valence-corrected chi connectivity index (χ4v) is 4.60. The Bertz CT molecular complexity index is 948. The lowest BCUT2D eigenvalue weighted by molar-refractivity contribution is -0.341. The van der Waals surface area contributed by atoms with Crippen molar-refractivity contribution in [1.82, 2.24) is 9.80 Å². The van der Waals surface area contributed by atoms with E-state index in [0.717, 1.165) is 9.80 Å². The maximum atomic E-state index is 13.6. The number of benzene rings is 2. The van der Waals surface area contributed by atoms with Gasteiger partial charge >= 0.3 is 6.03 Å². The van der Waals surface area contributed by atoms with Crippen LogP contribution in [0.25, 0.3) is 0 Å². The van der Waals surface area contributed by atoms with Gasteiger partial charge in [0.15, 0.2) is 0 Å². The maximum Gasteiger partial charge on any atom is 0.332 e. The summed E-state index contributed by atoms with van der Waals surface area (Å²) < 4.78 is 0. The average Bonchev–Trinajstić information content (AvgIpc) is 2.86. The van der Waals surface area contributed by atoms with Gasteiger partial charge in [0.1, 0.15) is 16.6 Å². The zero-order valence-electron chi connectivity index (χ0n) is 19.0. The third-order valence-corrected chi connectivity index (χ3v) is 6.45. The Labute approximate surface area is 192 Å². The molecular formula is C24H28N2O7. The van der Waals surface area contributed by atoms with E-state index in [0.29, 0.717) is 11.1 Å². The van der Waals surface area contributed by atoms with E-state index < -0.39 is 34.5 Å². The van der Waals surface area contributed by atoms with Crippen molar-refractivity contribution < 1.29 is 34.7 Å². The average molecular weight is 456 g/mol. The van der Waals surface area contributed by atoms with Gasteiger partial charge in [0.25, 0.3) is 0 Å². The number of hydrogen-bond acceptors (Lipinski definition) is 7. The molecule has 2 aromatic carbocycles. The van der Waals surface area contributed by atoms with Crippen LogP contribution < -0.4 is 0 Å². The van der Waals surface area contributed by atoms with E-state index in [1.54, 1.807) is 74.5 Å². The predicted octanol–water partition coefficient (Wildman–Crippen LogP) is 3.61. The normalized spacial score (nSPS) is 19.9. The van der Waals surface area contributed by atoms with Gasteiger partial charge in [0, 0.05) is 26.9 Å². The zero-order valence-corrected chi connectivity index (χ0v) is 19.0. The lowest BCUT2D eigenvalue weighted by atomic mass is 9.66. The fourth-order valence-electron chi connectivity index (χ4n) is 4.60. The summed E-state index contributed by atoms with van der Waals surface area (Å²) in [6, 6.07) is 16.5. The quantitative estimate of drug-likeness (QED) is 0.354. The molecule has 2 unspecified atom stereocenters. The van der Waals surface area contributed by atoms with Crippen LogP contribution in [-0.2, 0) is 30.6 Å². The summed E-state index contributed by atoms with van der Waals surface area (Å²) in [5.41, 5.74) is -3.89. The molecule has 0 aliphatic carbocycles. The number of hydrogen-bond donors (Lipinski definition) is 2. The van der Waals surface area contributed by atoms with E-state index in [9.17, 15) is 24.9 Å². The van der Waals surface area contributed by atoms with Crippen molar-refractivity contribution in [3.8, 4) is 0 Å². The molecule has 0 bridgehead atoms. The van der Waals surface area contributed by atoms with Gasteiger partial charge < -0.3 is 0 Å². The Morgan fingerprint density at radius 1 is 0.727 bits per heavy atom. The lowest BCUT2D eigenvalue weighted by Gasteiger charge is -2.47. The Hall–Kier alpha value is -3.11. The minimum Gasteiger partial charge on any atom is -0.273 e. The van der Waals surface area contributed by atoms with E-state index in [1.165, 1.54) is 14.1 Å². The van der Waals surface area contributed by atoms with E-state index in [4.69, 9.17) is 9.78 Å². The molecule has 1 aliphatic heterocycles. The monoisotopic (exact) mass is 456 g/mol. The van der Waals surface area contributed by atoms with E-state index >= 15 is 0 Å². The van der Waals surface area contributed by atoms with Crippen LogP contribution in [-0.4, -0.2) is 52.3 Å². The first kappa shape index (κ1) is 24.5. The zero-order chi connectivity index (χ0) is 24.4. The summed E-state index contributed by atoms with van der Waals surface area (Å²) in [5, 5.41) is 19.8. The smallest absolute Gasteiger partial charge is 0.273 e. The van der Waals surface area contributed by atoms with Gasteiger partial charge in [-0.25, -0.2) is 14.6 Å². The summed E-state index contributed by atoms with van der Waals surface area (Å²) in [6.45, 7) is 3.08. The number of urea groups is 1. The highest BCUT2D eigenvalue weighted by molar-refractivity contribution is 6.18. The van der Waals surface area contributed by atoms with Crippen molar-refractivity contribution in [2.45, 2.75) is 37.9 Å². The maximum absolute atomic E-state index is 13.6.